The van der Waals surface area contributed by atoms with Crippen molar-refractivity contribution in [3.8, 4) is 5.75 Å². The van der Waals surface area contributed by atoms with Crippen molar-refractivity contribution in [3.05, 3.63) is 30.3 Å². The van der Waals surface area contributed by atoms with Gasteiger partial charge in [0.25, 0.3) is 0 Å². The molecule has 0 atom stereocenters. The van der Waals surface area contributed by atoms with E-state index in [-0.39, 0.29) is 5.82 Å². The molecule has 0 amide bonds. The first kappa shape index (κ1) is 17.3. The van der Waals surface area contributed by atoms with Gasteiger partial charge in [-0.05, 0) is 18.4 Å². The van der Waals surface area contributed by atoms with Crippen LogP contribution >= 0.6 is 23.1 Å². The van der Waals surface area contributed by atoms with Crippen LogP contribution in [-0.4, -0.2) is 54.5 Å². The van der Waals surface area contributed by atoms with Crippen molar-refractivity contribution in [1.29, 1.82) is 0 Å². The molecule has 3 heterocycles. The number of anilines is 2. The summed E-state index contributed by atoms with van der Waals surface area (Å²) in [4.78, 5) is 17.8. The highest BCUT2D eigenvalue weighted by Crippen LogP contribution is 2.34. The van der Waals surface area contributed by atoms with Crippen molar-refractivity contribution in [1.82, 2.24) is 15.0 Å². The number of hydrogen-bond acceptors (Lipinski definition) is 8. The second-order valence-electron chi connectivity index (χ2n) is 5.82. The van der Waals surface area contributed by atoms with Gasteiger partial charge in [-0.2, -0.15) is 0 Å². The summed E-state index contributed by atoms with van der Waals surface area (Å²) in [6, 6.07) is 4.68. The second kappa shape index (κ2) is 7.24. The van der Waals surface area contributed by atoms with Crippen LogP contribution in [-0.2, 0) is 0 Å². The number of ether oxygens (including phenoxy) is 1. The van der Waals surface area contributed by atoms with Gasteiger partial charge in [0.1, 0.15) is 22.6 Å². The van der Waals surface area contributed by atoms with Crippen molar-refractivity contribution >= 4 is 45.0 Å². The zero-order valence-electron chi connectivity index (χ0n) is 14.5. The van der Waals surface area contributed by atoms with Gasteiger partial charge in [-0.3, -0.25) is 0 Å². The number of nitrogens with zero attached hydrogens (tertiary/aromatic N) is 5. The van der Waals surface area contributed by atoms with Crippen LogP contribution in [0.15, 0.2) is 28.9 Å². The maximum Gasteiger partial charge on any atom is 0.176 e. The number of rotatable bonds is 4. The van der Waals surface area contributed by atoms with Crippen LogP contribution in [0.2, 0.25) is 0 Å². The molecule has 3 aromatic rings. The van der Waals surface area contributed by atoms with Crippen molar-refractivity contribution in [2.24, 2.45) is 0 Å². The fourth-order valence-corrected chi connectivity index (χ4v) is 4.64. The third kappa shape index (κ3) is 3.16. The summed E-state index contributed by atoms with van der Waals surface area (Å²) in [5, 5.41) is 0. The Morgan fingerprint density at radius 3 is 2.65 bits per heavy atom. The number of thioether (sulfide) groups is 1. The lowest BCUT2D eigenvalue weighted by Gasteiger charge is -2.37. The molecular weight excluding hydrogens is 373 g/mol. The molecule has 0 N–H and O–H groups in total. The standard InChI is InChI=1S/C17H18FN5OS2/c1-24-13-9-11(18)3-4-12(13)22-5-7-23(8-6-22)16-14-15(19-10-20-16)21-17(25-2)26-14/h3-4,9-10H,5-8H2,1-2H3. The quantitative estimate of drug-likeness (QED) is 0.633. The van der Waals surface area contributed by atoms with Crippen molar-refractivity contribution < 1.29 is 9.13 Å². The van der Waals surface area contributed by atoms with Gasteiger partial charge < -0.3 is 14.5 Å². The largest absolute Gasteiger partial charge is 0.494 e. The molecule has 1 fully saturated rings. The Morgan fingerprint density at radius 2 is 1.92 bits per heavy atom. The highest BCUT2D eigenvalue weighted by molar-refractivity contribution is 8.00. The van der Waals surface area contributed by atoms with E-state index in [0.717, 1.165) is 52.4 Å². The molecule has 0 unspecified atom stereocenters. The minimum atomic E-state index is -0.289. The highest BCUT2D eigenvalue weighted by atomic mass is 32.2. The molecule has 26 heavy (non-hydrogen) atoms. The van der Waals surface area contributed by atoms with Crippen LogP contribution < -0.4 is 14.5 Å². The Balaban J connectivity index is 1.55. The summed E-state index contributed by atoms with van der Waals surface area (Å²) in [6.45, 7) is 3.25. The van der Waals surface area contributed by atoms with Crippen LogP contribution in [0.1, 0.15) is 0 Å². The molecule has 0 aliphatic carbocycles. The molecule has 0 bridgehead atoms. The molecular formula is C17H18FN5OS2. The van der Waals surface area contributed by atoms with Gasteiger partial charge in [-0.1, -0.05) is 11.8 Å². The van der Waals surface area contributed by atoms with E-state index in [0.29, 0.717) is 5.75 Å². The summed E-state index contributed by atoms with van der Waals surface area (Å²) >= 11 is 3.25. The molecule has 6 nitrogen and oxygen atoms in total. The minimum absolute atomic E-state index is 0.289. The third-order valence-corrected chi connectivity index (χ3v) is 6.41. The van der Waals surface area contributed by atoms with E-state index >= 15 is 0 Å². The average Bonchev–Trinajstić information content (AvgIpc) is 3.11. The van der Waals surface area contributed by atoms with Crippen LogP contribution in [0.25, 0.3) is 10.3 Å². The number of piperazine rings is 1. The summed E-state index contributed by atoms with van der Waals surface area (Å²) in [7, 11) is 1.57. The average molecular weight is 391 g/mol. The van der Waals surface area contributed by atoms with Gasteiger partial charge in [-0.15, -0.1) is 11.3 Å². The summed E-state index contributed by atoms with van der Waals surface area (Å²) < 4.78 is 20.8. The van der Waals surface area contributed by atoms with Gasteiger partial charge in [0.05, 0.1) is 12.8 Å². The van der Waals surface area contributed by atoms with Crippen LogP contribution in [0.4, 0.5) is 15.9 Å². The molecule has 2 aromatic heterocycles. The highest BCUT2D eigenvalue weighted by Gasteiger charge is 2.23. The molecule has 1 aromatic carbocycles. The van der Waals surface area contributed by atoms with Gasteiger partial charge in [0.2, 0.25) is 0 Å². The molecule has 1 saturated heterocycles. The third-order valence-electron chi connectivity index (χ3n) is 4.39. The normalized spacial score (nSPS) is 14.9. The van der Waals surface area contributed by atoms with Crippen LogP contribution in [0.3, 0.4) is 0 Å². The first-order chi connectivity index (χ1) is 12.7. The fourth-order valence-electron chi connectivity index (χ4n) is 3.11. The first-order valence-electron chi connectivity index (χ1n) is 8.18. The maximum absolute atomic E-state index is 13.4. The predicted molar refractivity (Wildman–Crippen MR) is 104 cm³/mol. The molecule has 1 aliphatic rings. The lowest BCUT2D eigenvalue weighted by Crippen LogP contribution is -2.47. The lowest BCUT2D eigenvalue weighted by atomic mass is 10.2. The second-order valence-corrected chi connectivity index (χ2v) is 7.88. The fraction of sp³-hybridized carbons (Fsp3) is 0.353. The van der Waals surface area contributed by atoms with Crippen molar-refractivity contribution in [3.63, 3.8) is 0 Å². The number of thiazole rings is 1. The summed E-state index contributed by atoms with van der Waals surface area (Å²) in [6.07, 6.45) is 3.59. The predicted octanol–water partition coefficient (Wildman–Crippen LogP) is 3.28. The Hall–Kier alpha value is -2.13. The molecule has 0 radical (unpaired) electrons. The molecule has 0 saturated carbocycles. The van der Waals surface area contributed by atoms with E-state index < -0.39 is 0 Å². The summed E-state index contributed by atoms with van der Waals surface area (Å²) in [5.41, 5.74) is 1.68. The van der Waals surface area contributed by atoms with E-state index in [9.17, 15) is 4.39 Å². The maximum atomic E-state index is 13.4. The number of methoxy groups -OCH3 is 1. The van der Waals surface area contributed by atoms with E-state index in [1.807, 2.05) is 6.26 Å². The smallest absolute Gasteiger partial charge is 0.176 e. The molecule has 0 spiro atoms. The number of halogens is 1. The molecule has 1 aliphatic heterocycles. The van der Waals surface area contributed by atoms with Gasteiger partial charge in [0, 0.05) is 32.2 Å². The number of aromatic nitrogens is 3. The number of benzene rings is 1. The Bertz CT molecular complexity index is 927. The molecule has 4 rings (SSSR count). The van der Waals surface area contributed by atoms with Crippen molar-refractivity contribution in [2.45, 2.75) is 4.34 Å². The Kier molecular flexibility index (Phi) is 4.82. The van der Waals surface area contributed by atoms with E-state index in [1.165, 1.54) is 12.1 Å². The molecule has 9 heteroatoms. The van der Waals surface area contributed by atoms with E-state index in [2.05, 4.69) is 24.8 Å². The Labute approximate surface area is 159 Å². The summed E-state index contributed by atoms with van der Waals surface area (Å²) in [5.74, 6) is 1.22. The number of hydrogen-bond donors (Lipinski definition) is 0. The van der Waals surface area contributed by atoms with E-state index in [4.69, 9.17) is 4.74 Å². The zero-order valence-corrected chi connectivity index (χ0v) is 16.1. The monoisotopic (exact) mass is 391 g/mol. The SMILES string of the molecule is COc1cc(F)ccc1N1CCN(c2ncnc3nc(SC)sc23)CC1. The van der Waals surface area contributed by atoms with Gasteiger partial charge in [0.15, 0.2) is 15.8 Å². The van der Waals surface area contributed by atoms with Crippen LogP contribution in [0.5, 0.6) is 5.75 Å². The zero-order chi connectivity index (χ0) is 18.1. The van der Waals surface area contributed by atoms with Gasteiger partial charge >= 0.3 is 0 Å². The topological polar surface area (TPSA) is 54.4 Å². The van der Waals surface area contributed by atoms with Crippen molar-refractivity contribution in [2.75, 3.05) is 49.3 Å². The Morgan fingerprint density at radius 1 is 1.15 bits per heavy atom. The van der Waals surface area contributed by atoms with Crippen LogP contribution in [0, 0.1) is 5.82 Å². The molecule has 136 valence electrons. The van der Waals surface area contributed by atoms with Gasteiger partial charge in [-0.25, -0.2) is 19.3 Å². The first-order valence-corrected chi connectivity index (χ1v) is 10.2. The minimum Gasteiger partial charge on any atom is -0.494 e. The lowest BCUT2D eigenvalue weighted by molar-refractivity contribution is 0.410. The number of fused-ring (bicyclic) bond motifs is 1. The van der Waals surface area contributed by atoms with E-state index in [1.54, 1.807) is 42.6 Å².